The maximum atomic E-state index is 5.87. The molecule has 0 atom stereocenters. The maximum Gasteiger partial charge on any atom is 0.131 e. The first-order valence-electron chi connectivity index (χ1n) is 5.39. The molecule has 2 aromatic rings. The van der Waals surface area contributed by atoms with Gasteiger partial charge in [-0.1, -0.05) is 34.1 Å². The van der Waals surface area contributed by atoms with Crippen molar-refractivity contribution in [3.05, 3.63) is 45.4 Å². The van der Waals surface area contributed by atoms with Crippen molar-refractivity contribution < 1.29 is 4.74 Å². The molecule has 4 heteroatoms. The van der Waals surface area contributed by atoms with Gasteiger partial charge in [0.15, 0.2) is 0 Å². The van der Waals surface area contributed by atoms with E-state index in [0.29, 0.717) is 6.61 Å². The van der Waals surface area contributed by atoms with Crippen molar-refractivity contribution in [3.63, 3.8) is 0 Å². The largest absolute Gasteiger partial charge is 0.487 e. The first-order valence-corrected chi connectivity index (χ1v) is 7.39. The van der Waals surface area contributed by atoms with E-state index in [1.807, 2.05) is 18.4 Å². The molecule has 0 radical (unpaired) electrons. The minimum Gasteiger partial charge on any atom is -0.487 e. The molecule has 0 bridgehead atoms. The van der Waals surface area contributed by atoms with Crippen LogP contribution in [0.15, 0.2) is 23.6 Å². The fraction of sp³-hybridized carbons (Fsp3) is 0.308. The van der Waals surface area contributed by atoms with Gasteiger partial charge in [-0.05, 0) is 19.4 Å². The molecule has 0 spiro atoms. The van der Waals surface area contributed by atoms with Crippen LogP contribution in [0.25, 0.3) is 0 Å². The third-order valence-electron chi connectivity index (χ3n) is 2.47. The van der Waals surface area contributed by atoms with Gasteiger partial charge in [-0.3, -0.25) is 0 Å². The van der Waals surface area contributed by atoms with E-state index in [2.05, 4.69) is 40.0 Å². The van der Waals surface area contributed by atoms with Crippen molar-refractivity contribution in [2.75, 3.05) is 0 Å². The Morgan fingerprint density at radius 3 is 2.82 bits per heavy atom. The summed E-state index contributed by atoms with van der Waals surface area (Å²) in [6.45, 7) is 4.61. The number of alkyl halides is 1. The summed E-state index contributed by atoms with van der Waals surface area (Å²) in [5.74, 6) is 0.968. The zero-order chi connectivity index (χ0) is 12.3. The van der Waals surface area contributed by atoms with Crippen LogP contribution < -0.4 is 4.74 Å². The molecule has 0 aliphatic carbocycles. The number of aromatic nitrogens is 1. The summed E-state index contributed by atoms with van der Waals surface area (Å²) in [5.41, 5.74) is 3.34. The van der Waals surface area contributed by atoms with Crippen molar-refractivity contribution >= 4 is 27.3 Å². The Kier molecular flexibility index (Phi) is 4.18. The van der Waals surface area contributed by atoms with E-state index in [9.17, 15) is 0 Å². The van der Waals surface area contributed by atoms with Crippen LogP contribution in [-0.2, 0) is 11.9 Å². The van der Waals surface area contributed by atoms with Crippen LogP contribution in [-0.4, -0.2) is 4.98 Å². The first-order chi connectivity index (χ1) is 8.20. The number of hydrogen-bond donors (Lipinski definition) is 0. The lowest BCUT2D eigenvalue weighted by atomic mass is 10.1. The SMILES string of the molecule is Cc1nc(COc2c(C)cccc2CBr)cs1. The van der Waals surface area contributed by atoms with Crippen LogP contribution in [0.2, 0.25) is 0 Å². The lowest BCUT2D eigenvalue weighted by Crippen LogP contribution is -2.00. The Morgan fingerprint density at radius 1 is 1.35 bits per heavy atom. The minimum absolute atomic E-state index is 0.537. The number of hydrogen-bond acceptors (Lipinski definition) is 3. The van der Waals surface area contributed by atoms with Gasteiger partial charge in [0.1, 0.15) is 12.4 Å². The predicted octanol–water partition coefficient (Wildman–Crippen LogP) is 4.23. The van der Waals surface area contributed by atoms with Gasteiger partial charge in [0.05, 0.1) is 10.7 Å². The van der Waals surface area contributed by atoms with E-state index in [4.69, 9.17) is 4.74 Å². The van der Waals surface area contributed by atoms with Gasteiger partial charge < -0.3 is 4.74 Å². The molecule has 0 saturated heterocycles. The molecule has 0 aliphatic heterocycles. The molecule has 17 heavy (non-hydrogen) atoms. The van der Waals surface area contributed by atoms with Crippen LogP contribution in [0.1, 0.15) is 21.8 Å². The van der Waals surface area contributed by atoms with Crippen LogP contribution in [0, 0.1) is 13.8 Å². The number of nitrogens with zero attached hydrogens (tertiary/aromatic N) is 1. The van der Waals surface area contributed by atoms with Gasteiger partial charge in [-0.15, -0.1) is 11.3 Å². The maximum absolute atomic E-state index is 5.87. The highest BCUT2D eigenvalue weighted by Crippen LogP contribution is 2.26. The second-order valence-corrected chi connectivity index (χ2v) is 5.47. The summed E-state index contributed by atoms with van der Waals surface area (Å²) in [6, 6.07) is 6.18. The van der Waals surface area contributed by atoms with E-state index in [-0.39, 0.29) is 0 Å². The molecule has 0 fully saturated rings. The highest BCUT2D eigenvalue weighted by molar-refractivity contribution is 9.08. The third-order valence-corrected chi connectivity index (χ3v) is 3.89. The van der Waals surface area contributed by atoms with Crippen molar-refractivity contribution in [3.8, 4) is 5.75 Å². The average molecular weight is 312 g/mol. The quantitative estimate of drug-likeness (QED) is 0.788. The first kappa shape index (κ1) is 12.6. The molecule has 0 N–H and O–H groups in total. The summed E-state index contributed by atoms with van der Waals surface area (Å²) in [7, 11) is 0. The molecular weight excluding hydrogens is 298 g/mol. The second-order valence-electron chi connectivity index (χ2n) is 3.84. The zero-order valence-electron chi connectivity index (χ0n) is 9.87. The van der Waals surface area contributed by atoms with E-state index >= 15 is 0 Å². The summed E-state index contributed by atoms with van der Waals surface area (Å²) >= 11 is 5.13. The topological polar surface area (TPSA) is 22.1 Å². The highest BCUT2D eigenvalue weighted by atomic mass is 79.9. The summed E-state index contributed by atoms with van der Waals surface area (Å²) in [4.78, 5) is 4.39. The number of benzene rings is 1. The molecule has 0 aliphatic rings. The number of rotatable bonds is 4. The van der Waals surface area contributed by atoms with Gasteiger partial charge in [0, 0.05) is 16.3 Å². The fourth-order valence-electron chi connectivity index (χ4n) is 1.65. The Labute approximate surface area is 114 Å². The van der Waals surface area contributed by atoms with E-state index < -0.39 is 0 Å². The molecule has 0 unspecified atom stereocenters. The number of aryl methyl sites for hydroxylation is 2. The van der Waals surface area contributed by atoms with Crippen LogP contribution in [0.5, 0.6) is 5.75 Å². The van der Waals surface area contributed by atoms with Gasteiger partial charge >= 0.3 is 0 Å². The number of ether oxygens (including phenoxy) is 1. The third kappa shape index (κ3) is 3.07. The molecule has 1 aromatic heterocycles. The molecule has 0 amide bonds. The monoisotopic (exact) mass is 311 g/mol. The normalized spacial score (nSPS) is 10.5. The fourth-order valence-corrected chi connectivity index (χ4v) is 2.68. The van der Waals surface area contributed by atoms with Crippen molar-refractivity contribution in [1.29, 1.82) is 0 Å². The van der Waals surface area contributed by atoms with Crippen LogP contribution in [0.4, 0.5) is 0 Å². The Hall–Kier alpha value is -0.870. The standard InChI is InChI=1S/C13H14BrNOS/c1-9-4-3-5-11(6-14)13(9)16-7-12-8-17-10(2)15-12/h3-5,8H,6-7H2,1-2H3. The second kappa shape index (κ2) is 5.65. The van der Waals surface area contributed by atoms with Gasteiger partial charge in [-0.25, -0.2) is 4.98 Å². The molecular formula is C13H14BrNOS. The molecule has 2 rings (SSSR count). The lowest BCUT2D eigenvalue weighted by Gasteiger charge is -2.11. The summed E-state index contributed by atoms with van der Waals surface area (Å²) in [6.07, 6.45) is 0. The number of para-hydroxylation sites is 1. The predicted molar refractivity (Wildman–Crippen MR) is 75.0 cm³/mol. The summed E-state index contributed by atoms with van der Waals surface area (Å²) in [5, 5.41) is 3.93. The van der Waals surface area contributed by atoms with E-state index in [1.54, 1.807) is 11.3 Å². The van der Waals surface area contributed by atoms with Gasteiger partial charge in [-0.2, -0.15) is 0 Å². The van der Waals surface area contributed by atoms with E-state index in [0.717, 1.165) is 27.3 Å². The highest BCUT2D eigenvalue weighted by Gasteiger charge is 2.07. The Balaban J connectivity index is 2.13. The van der Waals surface area contributed by atoms with E-state index in [1.165, 1.54) is 5.56 Å². The number of halogens is 1. The molecule has 2 nitrogen and oxygen atoms in total. The molecule has 90 valence electrons. The van der Waals surface area contributed by atoms with Gasteiger partial charge in [0.25, 0.3) is 0 Å². The lowest BCUT2D eigenvalue weighted by molar-refractivity contribution is 0.297. The van der Waals surface area contributed by atoms with Crippen molar-refractivity contribution in [2.24, 2.45) is 0 Å². The van der Waals surface area contributed by atoms with Gasteiger partial charge in [0.2, 0.25) is 0 Å². The zero-order valence-corrected chi connectivity index (χ0v) is 12.3. The Morgan fingerprint density at radius 2 is 2.18 bits per heavy atom. The van der Waals surface area contributed by atoms with Crippen LogP contribution in [0.3, 0.4) is 0 Å². The Bertz CT molecular complexity index is 510. The number of thiazole rings is 1. The van der Waals surface area contributed by atoms with Crippen molar-refractivity contribution in [2.45, 2.75) is 25.8 Å². The minimum atomic E-state index is 0.537. The smallest absolute Gasteiger partial charge is 0.131 e. The van der Waals surface area contributed by atoms with Crippen molar-refractivity contribution in [1.82, 2.24) is 4.98 Å². The molecule has 1 aromatic carbocycles. The van der Waals surface area contributed by atoms with Crippen LogP contribution >= 0.6 is 27.3 Å². The molecule has 0 saturated carbocycles. The summed E-state index contributed by atoms with van der Waals surface area (Å²) < 4.78 is 5.87. The molecule has 1 heterocycles. The average Bonchev–Trinajstić information content (AvgIpc) is 2.73.